The van der Waals surface area contributed by atoms with Gasteiger partial charge in [0.25, 0.3) is 0 Å². The summed E-state index contributed by atoms with van der Waals surface area (Å²) in [5.41, 5.74) is 0. The van der Waals surface area contributed by atoms with Crippen LogP contribution in [-0.4, -0.2) is 42.6 Å². The molecule has 78 valence electrons. The molecule has 0 N–H and O–H groups in total. The molecule has 13 heavy (non-hydrogen) atoms. The average Bonchev–Trinajstić information content (AvgIpc) is 2.45. The van der Waals surface area contributed by atoms with Crippen LogP contribution in [0.5, 0.6) is 0 Å². The molecule has 1 aliphatic rings. The predicted octanol–water partition coefficient (Wildman–Crippen LogP) is 1.63. The molecule has 3 nitrogen and oxygen atoms in total. The summed E-state index contributed by atoms with van der Waals surface area (Å²) in [4.78, 5) is 0. The van der Waals surface area contributed by atoms with Crippen LogP contribution >= 0.6 is 22.6 Å². The summed E-state index contributed by atoms with van der Waals surface area (Å²) < 4.78 is 16.7. The maximum absolute atomic E-state index is 5.61. The molecule has 0 spiro atoms. The van der Waals surface area contributed by atoms with Gasteiger partial charge in [-0.2, -0.15) is 0 Å². The molecular weight excluding hydrogens is 283 g/mol. The Balaban J connectivity index is 1.99. The van der Waals surface area contributed by atoms with Gasteiger partial charge in [0.15, 0.2) is 0 Å². The summed E-state index contributed by atoms with van der Waals surface area (Å²) in [6, 6.07) is 0. The van der Waals surface area contributed by atoms with Crippen molar-refractivity contribution in [1.29, 1.82) is 0 Å². The van der Waals surface area contributed by atoms with E-state index >= 15 is 0 Å². The molecule has 0 aromatic carbocycles. The van der Waals surface area contributed by atoms with Crippen molar-refractivity contribution in [3.63, 3.8) is 0 Å². The first-order valence-electron chi connectivity index (χ1n) is 4.65. The van der Waals surface area contributed by atoms with Crippen molar-refractivity contribution >= 4 is 22.6 Å². The van der Waals surface area contributed by atoms with E-state index in [1.165, 1.54) is 0 Å². The molecule has 0 amide bonds. The van der Waals surface area contributed by atoms with Crippen LogP contribution in [0.25, 0.3) is 0 Å². The lowest BCUT2D eigenvalue weighted by Gasteiger charge is -2.14. The van der Waals surface area contributed by atoms with Gasteiger partial charge in [-0.3, -0.25) is 0 Å². The Bertz CT molecular complexity index is 141. The minimum Gasteiger partial charge on any atom is -0.378 e. The second kappa shape index (κ2) is 6.16. The molecule has 0 radical (unpaired) electrons. The van der Waals surface area contributed by atoms with Gasteiger partial charge in [-0.05, 0) is 13.8 Å². The highest BCUT2D eigenvalue weighted by Gasteiger charge is 2.26. The van der Waals surface area contributed by atoms with E-state index < -0.39 is 0 Å². The molecule has 0 aliphatic carbocycles. The third kappa shape index (κ3) is 4.58. The van der Waals surface area contributed by atoms with E-state index in [1.54, 1.807) is 0 Å². The SMILES string of the molecule is CC(C)OCCOC1COCC1I. The number of hydrogen-bond donors (Lipinski definition) is 0. The van der Waals surface area contributed by atoms with E-state index in [1.807, 2.05) is 13.8 Å². The Morgan fingerprint density at radius 2 is 2.15 bits per heavy atom. The van der Waals surface area contributed by atoms with Gasteiger partial charge in [-0.1, -0.05) is 22.6 Å². The van der Waals surface area contributed by atoms with Gasteiger partial charge in [0, 0.05) is 0 Å². The molecule has 1 fully saturated rings. The minimum atomic E-state index is 0.261. The largest absolute Gasteiger partial charge is 0.378 e. The fourth-order valence-electron chi connectivity index (χ4n) is 1.14. The van der Waals surface area contributed by atoms with Crippen molar-refractivity contribution in [2.24, 2.45) is 0 Å². The molecule has 1 rings (SSSR count). The minimum absolute atomic E-state index is 0.261. The number of ether oxygens (including phenoxy) is 3. The highest BCUT2D eigenvalue weighted by Crippen LogP contribution is 2.17. The lowest BCUT2D eigenvalue weighted by molar-refractivity contribution is -0.0128. The van der Waals surface area contributed by atoms with Crippen LogP contribution < -0.4 is 0 Å². The molecule has 2 unspecified atom stereocenters. The summed E-state index contributed by atoms with van der Waals surface area (Å²) >= 11 is 2.37. The van der Waals surface area contributed by atoms with E-state index in [2.05, 4.69) is 22.6 Å². The van der Waals surface area contributed by atoms with Gasteiger partial charge in [0.1, 0.15) is 0 Å². The van der Waals surface area contributed by atoms with Crippen molar-refractivity contribution in [3.05, 3.63) is 0 Å². The Kier molecular flexibility index (Phi) is 5.54. The van der Waals surface area contributed by atoms with Crippen LogP contribution in [0, 0.1) is 0 Å². The molecular formula is C9H17IO3. The van der Waals surface area contributed by atoms with Gasteiger partial charge >= 0.3 is 0 Å². The van der Waals surface area contributed by atoms with E-state index in [0.29, 0.717) is 23.2 Å². The Morgan fingerprint density at radius 3 is 2.69 bits per heavy atom. The van der Waals surface area contributed by atoms with Crippen LogP contribution in [-0.2, 0) is 14.2 Å². The molecule has 1 saturated heterocycles. The normalized spacial score (nSPS) is 28.6. The van der Waals surface area contributed by atoms with Crippen molar-refractivity contribution in [2.45, 2.75) is 30.0 Å². The Morgan fingerprint density at radius 1 is 1.38 bits per heavy atom. The van der Waals surface area contributed by atoms with E-state index in [-0.39, 0.29) is 6.10 Å². The zero-order valence-electron chi connectivity index (χ0n) is 8.16. The zero-order chi connectivity index (χ0) is 9.68. The van der Waals surface area contributed by atoms with Crippen molar-refractivity contribution in [2.75, 3.05) is 26.4 Å². The molecule has 1 heterocycles. The lowest BCUT2D eigenvalue weighted by atomic mass is 10.3. The predicted molar refractivity (Wildman–Crippen MR) is 59.5 cm³/mol. The van der Waals surface area contributed by atoms with Crippen molar-refractivity contribution in [1.82, 2.24) is 0 Å². The van der Waals surface area contributed by atoms with Crippen molar-refractivity contribution in [3.8, 4) is 0 Å². The van der Waals surface area contributed by atoms with Gasteiger partial charge in [0.05, 0.1) is 42.6 Å². The van der Waals surface area contributed by atoms with Crippen LogP contribution in [0.3, 0.4) is 0 Å². The summed E-state index contributed by atoms with van der Waals surface area (Å²) in [5.74, 6) is 0. The second-order valence-electron chi connectivity index (χ2n) is 3.38. The standard InChI is InChI=1S/C9H17IO3/c1-7(2)12-3-4-13-9-6-11-5-8(9)10/h7-9H,3-6H2,1-2H3. The summed E-state index contributed by atoms with van der Waals surface area (Å²) in [7, 11) is 0. The monoisotopic (exact) mass is 300 g/mol. The quantitative estimate of drug-likeness (QED) is 0.439. The van der Waals surface area contributed by atoms with E-state index in [4.69, 9.17) is 14.2 Å². The number of alkyl halides is 1. The first-order chi connectivity index (χ1) is 6.20. The third-order valence-electron chi connectivity index (χ3n) is 1.83. The molecule has 2 atom stereocenters. The Labute approximate surface area is 93.3 Å². The fourth-order valence-corrected chi connectivity index (χ4v) is 1.81. The summed E-state index contributed by atoms with van der Waals surface area (Å²) in [6.45, 7) is 6.95. The smallest absolute Gasteiger partial charge is 0.0949 e. The molecule has 1 aliphatic heterocycles. The van der Waals surface area contributed by atoms with E-state index in [0.717, 1.165) is 13.2 Å². The first-order valence-corrected chi connectivity index (χ1v) is 5.89. The molecule has 0 bridgehead atoms. The zero-order valence-corrected chi connectivity index (χ0v) is 10.3. The average molecular weight is 300 g/mol. The molecule has 0 aromatic rings. The second-order valence-corrected chi connectivity index (χ2v) is 4.98. The molecule has 4 heteroatoms. The number of rotatable bonds is 5. The van der Waals surface area contributed by atoms with Gasteiger partial charge < -0.3 is 14.2 Å². The first kappa shape index (κ1) is 11.7. The van der Waals surface area contributed by atoms with Crippen LogP contribution in [0.15, 0.2) is 0 Å². The number of hydrogen-bond acceptors (Lipinski definition) is 3. The third-order valence-corrected chi connectivity index (χ3v) is 2.99. The highest BCUT2D eigenvalue weighted by atomic mass is 127. The maximum atomic E-state index is 5.61. The fraction of sp³-hybridized carbons (Fsp3) is 1.00. The van der Waals surface area contributed by atoms with E-state index in [9.17, 15) is 0 Å². The van der Waals surface area contributed by atoms with Crippen molar-refractivity contribution < 1.29 is 14.2 Å². The van der Waals surface area contributed by atoms with Crippen LogP contribution in [0.2, 0.25) is 0 Å². The number of halogens is 1. The summed E-state index contributed by atoms with van der Waals surface area (Å²) in [5, 5.41) is 0. The van der Waals surface area contributed by atoms with Gasteiger partial charge in [0.2, 0.25) is 0 Å². The molecule has 0 saturated carbocycles. The van der Waals surface area contributed by atoms with Crippen LogP contribution in [0.1, 0.15) is 13.8 Å². The lowest BCUT2D eigenvalue weighted by Crippen LogP contribution is -2.24. The topological polar surface area (TPSA) is 27.7 Å². The maximum Gasteiger partial charge on any atom is 0.0949 e. The Hall–Kier alpha value is 0.610. The van der Waals surface area contributed by atoms with Crippen LogP contribution in [0.4, 0.5) is 0 Å². The highest BCUT2D eigenvalue weighted by molar-refractivity contribution is 14.1. The van der Waals surface area contributed by atoms with Gasteiger partial charge in [-0.15, -0.1) is 0 Å². The summed E-state index contributed by atoms with van der Waals surface area (Å²) in [6.07, 6.45) is 0.551. The molecule has 0 aromatic heterocycles. The van der Waals surface area contributed by atoms with Gasteiger partial charge in [-0.25, -0.2) is 0 Å².